The average Bonchev–Trinajstić information content (AvgIpc) is 3.15. The summed E-state index contributed by atoms with van der Waals surface area (Å²) in [7, 11) is 0. The van der Waals surface area contributed by atoms with Gasteiger partial charge in [-0.2, -0.15) is 10.2 Å². The zero-order valence-electron chi connectivity index (χ0n) is 17.4. The van der Waals surface area contributed by atoms with Crippen molar-refractivity contribution in [1.29, 1.82) is 0 Å². The molecule has 1 N–H and O–H groups in total. The summed E-state index contributed by atoms with van der Waals surface area (Å²) in [4.78, 5) is 24.7. The molecule has 1 amide bonds. The molecule has 0 saturated carbocycles. The van der Waals surface area contributed by atoms with Crippen molar-refractivity contribution < 1.29 is 4.79 Å². The summed E-state index contributed by atoms with van der Waals surface area (Å²) in [6, 6.07) is 10.0. The van der Waals surface area contributed by atoms with Crippen molar-refractivity contribution in [3.63, 3.8) is 0 Å². The van der Waals surface area contributed by atoms with Crippen LogP contribution in [0.5, 0.6) is 0 Å². The van der Waals surface area contributed by atoms with Gasteiger partial charge in [-0.05, 0) is 50.3 Å². The Balaban J connectivity index is 1.27. The minimum absolute atomic E-state index is 0.0240. The molecular formula is C22H28N6O2. The van der Waals surface area contributed by atoms with Gasteiger partial charge in [-0.15, -0.1) is 0 Å². The van der Waals surface area contributed by atoms with Crippen LogP contribution in [0.1, 0.15) is 42.8 Å². The molecule has 0 spiro atoms. The number of nitrogens with one attached hydrogen (secondary N) is 1. The van der Waals surface area contributed by atoms with Crippen molar-refractivity contribution in [2.45, 2.75) is 58.5 Å². The van der Waals surface area contributed by atoms with E-state index in [-0.39, 0.29) is 18.1 Å². The highest BCUT2D eigenvalue weighted by atomic mass is 16.2. The number of aromatic nitrogens is 5. The van der Waals surface area contributed by atoms with Gasteiger partial charge in [0.05, 0.1) is 11.4 Å². The summed E-state index contributed by atoms with van der Waals surface area (Å²) in [5.41, 5.74) is 3.02. The second kappa shape index (κ2) is 9.11. The number of nitrogens with zero attached hydrogens (tertiary/aromatic N) is 5. The smallest absolute Gasteiger partial charge is 0.346 e. The van der Waals surface area contributed by atoms with Gasteiger partial charge >= 0.3 is 5.69 Å². The summed E-state index contributed by atoms with van der Waals surface area (Å²) in [5.74, 6) is 0.623. The highest BCUT2D eigenvalue weighted by Crippen LogP contribution is 2.13. The van der Waals surface area contributed by atoms with E-state index in [1.807, 2.05) is 48.1 Å². The van der Waals surface area contributed by atoms with Crippen LogP contribution in [0.4, 0.5) is 0 Å². The van der Waals surface area contributed by atoms with Crippen LogP contribution in [0, 0.1) is 6.92 Å². The number of aryl methyl sites for hydroxylation is 3. The minimum Gasteiger partial charge on any atom is -0.354 e. The maximum Gasteiger partial charge on any atom is 0.346 e. The quantitative estimate of drug-likeness (QED) is 0.606. The molecule has 3 aromatic rings. The Kier molecular flexibility index (Phi) is 6.11. The predicted molar refractivity (Wildman–Crippen MR) is 114 cm³/mol. The molecule has 8 nitrogen and oxygen atoms in total. The van der Waals surface area contributed by atoms with Crippen LogP contribution in [-0.4, -0.2) is 36.6 Å². The average molecular weight is 409 g/mol. The van der Waals surface area contributed by atoms with Gasteiger partial charge in [0.15, 0.2) is 0 Å². The van der Waals surface area contributed by atoms with Crippen molar-refractivity contribution in [1.82, 2.24) is 29.4 Å². The third-order valence-electron chi connectivity index (χ3n) is 5.54. The molecule has 0 saturated heterocycles. The van der Waals surface area contributed by atoms with Gasteiger partial charge in [0.25, 0.3) is 0 Å². The Bertz CT molecular complexity index is 1060. The van der Waals surface area contributed by atoms with Crippen molar-refractivity contribution in [2.24, 2.45) is 0 Å². The van der Waals surface area contributed by atoms with E-state index in [2.05, 4.69) is 15.5 Å². The molecule has 1 aliphatic heterocycles. The molecule has 158 valence electrons. The molecule has 0 bridgehead atoms. The van der Waals surface area contributed by atoms with Crippen LogP contribution in [-0.2, 0) is 30.7 Å². The van der Waals surface area contributed by atoms with E-state index in [1.165, 1.54) is 10.2 Å². The Morgan fingerprint density at radius 2 is 1.97 bits per heavy atom. The molecule has 3 heterocycles. The van der Waals surface area contributed by atoms with Crippen LogP contribution in [0.2, 0.25) is 0 Å². The Morgan fingerprint density at radius 1 is 1.13 bits per heavy atom. The number of benzene rings is 1. The molecule has 0 unspecified atom stereocenters. The number of fused-ring (bicyclic) bond motifs is 1. The summed E-state index contributed by atoms with van der Waals surface area (Å²) in [6.07, 6.45) is 7.64. The fourth-order valence-electron chi connectivity index (χ4n) is 3.88. The first-order valence-electron chi connectivity index (χ1n) is 10.7. The van der Waals surface area contributed by atoms with E-state index in [0.717, 1.165) is 55.7 Å². The fraction of sp³-hybridized carbons (Fsp3) is 0.455. The van der Waals surface area contributed by atoms with Crippen LogP contribution in [0.25, 0.3) is 5.69 Å². The molecular weight excluding hydrogens is 380 g/mol. The molecule has 0 aliphatic carbocycles. The standard InChI is InChI=1S/C22H28N6O2/c1-17-18(15-27(24-17)19-10-4-2-5-11-19)9-8-13-23-21(29)16-28-22(30)26-14-7-3-6-12-20(26)25-28/h2,4-5,10-11,15H,3,6-9,12-14,16H2,1H3,(H,23,29). The van der Waals surface area contributed by atoms with E-state index in [9.17, 15) is 9.59 Å². The molecule has 0 fully saturated rings. The zero-order chi connectivity index (χ0) is 20.9. The van der Waals surface area contributed by atoms with E-state index in [1.54, 1.807) is 4.57 Å². The lowest BCUT2D eigenvalue weighted by Crippen LogP contribution is -2.34. The summed E-state index contributed by atoms with van der Waals surface area (Å²) in [5, 5.41) is 11.8. The number of rotatable bonds is 7. The number of hydrogen-bond donors (Lipinski definition) is 1. The molecule has 0 atom stereocenters. The maximum absolute atomic E-state index is 12.4. The van der Waals surface area contributed by atoms with Crippen molar-refractivity contribution >= 4 is 5.91 Å². The maximum atomic E-state index is 12.4. The second-order valence-corrected chi connectivity index (χ2v) is 7.79. The number of hydrogen-bond acceptors (Lipinski definition) is 4. The third-order valence-corrected chi connectivity index (χ3v) is 5.54. The molecule has 8 heteroatoms. The van der Waals surface area contributed by atoms with E-state index in [4.69, 9.17) is 0 Å². The third kappa shape index (κ3) is 4.53. The SMILES string of the molecule is Cc1nn(-c2ccccc2)cc1CCCNC(=O)Cn1nc2n(c1=O)CCCCC2. The lowest BCUT2D eigenvalue weighted by molar-refractivity contribution is -0.121. The number of para-hydroxylation sites is 1. The van der Waals surface area contributed by atoms with Crippen LogP contribution in [0.15, 0.2) is 41.3 Å². The van der Waals surface area contributed by atoms with Crippen molar-refractivity contribution in [2.75, 3.05) is 6.54 Å². The Hall–Kier alpha value is -3.16. The second-order valence-electron chi connectivity index (χ2n) is 7.79. The zero-order valence-corrected chi connectivity index (χ0v) is 17.4. The fourth-order valence-corrected chi connectivity index (χ4v) is 3.88. The topological polar surface area (TPSA) is 86.7 Å². The van der Waals surface area contributed by atoms with Crippen molar-refractivity contribution in [3.8, 4) is 5.69 Å². The minimum atomic E-state index is -0.179. The molecule has 1 aliphatic rings. The number of carbonyl (C=O) groups is 1. The first-order valence-corrected chi connectivity index (χ1v) is 10.7. The van der Waals surface area contributed by atoms with Gasteiger partial charge in [-0.3, -0.25) is 9.36 Å². The van der Waals surface area contributed by atoms with Gasteiger partial charge < -0.3 is 5.32 Å². The van der Waals surface area contributed by atoms with Crippen LogP contribution < -0.4 is 11.0 Å². The van der Waals surface area contributed by atoms with Crippen LogP contribution in [0.3, 0.4) is 0 Å². The van der Waals surface area contributed by atoms with Gasteiger partial charge in [0.1, 0.15) is 12.4 Å². The predicted octanol–water partition coefficient (Wildman–Crippen LogP) is 2.01. The lowest BCUT2D eigenvalue weighted by Gasteiger charge is -2.05. The Labute approximate surface area is 175 Å². The summed E-state index contributed by atoms with van der Waals surface area (Å²) < 4.78 is 4.90. The molecule has 2 aromatic heterocycles. The van der Waals surface area contributed by atoms with Gasteiger partial charge in [0.2, 0.25) is 5.91 Å². The first kappa shape index (κ1) is 20.1. The summed E-state index contributed by atoms with van der Waals surface area (Å²) in [6.45, 7) is 3.23. The van der Waals surface area contributed by atoms with Gasteiger partial charge in [0, 0.05) is 25.7 Å². The molecule has 0 radical (unpaired) electrons. The highest BCUT2D eigenvalue weighted by Gasteiger charge is 2.17. The van der Waals surface area contributed by atoms with Gasteiger partial charge in [-0.25, -0.2) is 14.2 Å². The normalized spacial score (nSPS) is 13.6. The monoisotopic (exact) mass is 408 g/mol. The van der Waals surface area contributed by atoms with Gasteiger partial charge in [-0.1, -0.05) is 24.6 Å². The summed E-state index contributed by atoms with van der Waals surface area (Å²) >= 11 is 0. The van der Waals surface area contributed by atoms with E-state index in [0.29, 0.717) is 13.1 Å². The highest BCUT2D eigenvalue weighted by molar-refractivity contribution is 5.75. The molecule has 4 rings (SSSR count). The number of carbonyl (C=O) groups excluding carboxylic acids is 1. The Morgan fingerprint density at radius 3 is 2.80 bits per heavy atom. The van der Waals surface area contributed by atoms with E-state index >= 15 is 0 Å². The van der Waals surface area contributed by atoms with Crippen molar-refractivity contribution in [3.05, 3.63) is 64.1 Å². The number of amides is 1. The lowest BCUT2D eigenvalue weighted by atomic mass is 10.1. The molecule has 1 aromatic carbocycles. The van der Waals surface area contributed by atoms with Crippen LogP contribution >= 0.6 is 0 Å². The largest absolute Gasteiger partial charge is 0.354 e. The molecule has 30 heavy (non-hydrogen) atoms. The van der Waals surface area contributed by atoms with E-state index < -0.39 is 0 Å². The first-order chi connectivity index (χ1) is 14.6.